The minimum Gasteiger partial charge on any atom is -0.493 e. The lowest BCUT2D eigenvalue weighted by Gasteiger charge is -2.12. The Bertz CT molecular complexity index is 773. The van der Waals surface area contributed by atoms with Gasteiger partial charge >= 0.3 is 0 Å². The van der Waals surface area contributed by atoms with Crippen LogP contribution in [0, 0.1) is 11.3 Å². The third-order valence-corrected chi connectivity index (χ3v) is 3.55. The number of Topliss-reactive ketones (excluding diaryl/α,β-unsaturated/α-hetero) is 1. The number of furan rings is 1. The number of nitrogens with zero attached hydrogens (tertiary/aromatic N) is 1. The highest BCUT2D eigenvalue weighted by Crippen LogP contribution is 2.37. The minimum atomic E-state index is -0.471. The fraction of sp³-hybridized carbons (Fsp3) is 0.176. The van der Waals surface area contributed by atoms with Crippen molar-refractivity contribution in [2.75, 3.05) is 13.7 Å². The van der Waals surface area contributed by atoms with Crippen molar-refractivity contribution in [2.45, 2.75) is 6.92 Å². The second-order valence-electron chi connectivity index (χ2n) is 4.44. The summed E-state index contributed by atoms with van der Waals surface area (Å²) in [7, 11) is 1.52. The van der Waals surface area contributed by atoms with Gasteiger partial charge in [0, 0.05) is 0 Å². The van der Waals surface area contributed by atoms with Crippen LogP contribution in [0.1, 0.15) is 23.0 Å². The molecule has 0 bridgehead atoms. The van der Waals surface area contributed by atoms with Crippen LogP contribution in [0.2, 0.25) is 0 Å². The van der Waals surface area contributed by atoms with Gasteiger partial charge in [-0.25, -0.2) is 0 Å². The van der Waals surface area contributed by atoms with Gasteiger partial charge in [-0.1, -0.05) is 0 Å². The van der Waals surface area contributed by atoms with Crippen LogP contribution >= 0.6 is 15.9 Å². The number of nitriles is 1. The van der Waals surface area contributed by atoms with E-state index in [1.165, 1.54) is 25.5 Å². The van der Waals surface area contributed by atoms with E-state index in [0.717, 1.165) is 0 Å². The van der Waals surface area contributed by atoms with E-state index in [4.69, 9.17) is 13.9 Å². The van der Waals surface area contributed by atoms with Crippen LogP contribution in [-0.2, 0) is 0 Å². The zero-order chi connectivity index (χ0) is 16.8. The first kappa shape index (κ1) is 16.8. The molecule has 23 heavy (non-hydrogen) atoms. The largest absolute Gasteiger partial charge is 0.493 e. The van der Waals surface area contributed by atoms with Gasteiger partial charge in [-0.2, -0.15) is 5.26 Å². The Labute approximate surface area is 142 Å². The molecule has 0 amide bonds. The molecule has 0 aliphatic rings. The smallest absolute Gasteiger partial charge is 0.238 e. The van der Waals surface area contributed by atoms with Crippen LogP contribution in [0.25, 0.3) is 6.08 Å². The van der Waals surface area contributed by atoms with E-state index in [2.05, 4.69) is 15.9 Å². The standard InChI is InChI=1S/C17H14BrNO4/c1-3-22-17-13(18)8-11(9-15(17)21-2)7-12(10-19)16(20)14-5-4-6-23-14/h4-9H,3H2,1-2H3/b12-7+. The number of ketones is 1. The molecule has 6 heteroatoms. The molecule has 0 unspecified atom stereocenters. The van der Waals surface area contributed by atoms with E-state index < -0.39 is 5.78 Å². The molecule has 0 spiro atoms. The van der Waals surface area contributed by atoms with Crippen LogP contribution in [0.3, 0.4) is 0 Å². The molecule has 2 rings (SSSR count). The zero-order valence-corrected chi connectivity index (χ0v) is 14.2. The summed E-state index contributed by atoms with van der Waals surface area (Å²) < 4.78 is 16.5. The van der Waals surface area contributed by atoms with E-state index >= 15 is 0 Å². The summed E-state index contributed by atoms with van der Waals surface area (Å²) in [6, 6.07) is 8.46. The van der Waals surface area contributed by atoms with Crippen LogP contribution in [-0.4, -0.2) is 19.5 Å². The Kier molecular flexibility index (Phi) is 5.61. The summed E-state index contributed by atoms with van der Waals surface area (Å²) in [5.74, 6) is 0.731. The van der Waals surface area contributed by atoms with Crippen molar-refractivity contribution in [1.29, 1.82) is 5.26 Å². The van der Waals surface area contributed by atoms with E-state index in [0.29, 0.717) is 28.1 Å². The fourth-order valence-corrected chi connectivity index (χ4v) is 2.54. The molecular weight excluding hydrogens is 362 g/mol. The molecule has 1 aromatic heterocycles. The molecule has 118 valence electrons. The van der Waals surface area contributed by atoms with Gasteiger partial charge in [0.2, 0.25) is 5.78 Å². The summed E-state index contributed by atoms with van der Waals surface area (Å²) in [5, 5.41) is 9.24. The zero-order valence-electron chi connectivity index (χ0n) is 12.6. The predicted molar refractivity (Wildman–Crippen MR) is 88.5 cm³/mol. The third kappa shape index (κ3) is 3.82. The third-order valence-electron chi connectivity index (χ3n) is 2.96. The Hall–Kier alpha value is -2.52. The molecule has 0 N–H and O–H groups in total. The van der Waals surface area contributed by atoms with Crippen LogP contribution < -0.4 is 9.47 Å². The minimum absolute atomic E-state index is 0.0296. The van der Waals surface area contributed by atoms with Gasteiger partial charge in [0.25, 0.3) is 0 Å². The number of hydrogen-bond acceptors (Lipinski definition) is 5. The average molecular weight is 376 g/mol. The molecule has 2 aromatic rings. The van der Waals surface area contributed by atoms with E-state index in [1.54, 1.807) is 18.2 Å². The van der Waals surface area contributed by atoms with Crippen LogP contribution in [0.5, 0.6) is 11.5 Å². The Balaban J connectivity index is 2.43. The lowest BCUT2D eigenvalue weighted by Crippen LogP contribution is -2.00. The van der Waals surface area contributed by atoms with Crippen molar-refractivity contribution >= 4 is 27.8 Å². The van der Waals surface area contributed by atoms with E-state index in [1.807, 2.05) is 13.0 Å². The van der Waals surface area contributed by atoms with Gasteiger partial charge in [-0.15, -0.1) is 0 Å². The summed E-state index contributed by atoms with van der Waals surface area (Å²) in [6.45, 7) is 2.36. The van der Waals surface area contributed by atoms with Crippen molar-refractivity contribution in [2.24, 2.45) is 0 Å². The molecule has 0 fully saturated rings. The van der Waals surface area contributed by atoms with Gasteiger partial charge in [0.15, 0.2) is 17.3 Å². The molecule has 5 nitrogen and oxygen atoms in total. The van der Waals surface area contributed by atoms with Crippen molar-refractivity contribution < 1.29 is 18.7 Å². The molecule has 1 heterocycles. The molecule has 0 aliphatic carbocycles. The van der Waals surface area contributed by atoms with Gasteiger partial charge in [-0.05, 0) is 58.8 Å². The van der Waals surface area contributed by atoms with Gasteiger partial charge < -0.3 is 13.9 Å². The van der Waals surface area contributed by atoms with Crippen molar-refractivity contribution in [1.82, 2.24) is 0 Å². The summed E-state index contributed by atoms with van der Waals surface area (Å²) in [6.07, 6.45) is 2.87. The number of hydrogen-bond donors (Lipinski definition) is 0. The second kappa shape index (κ2) is 7.65. The maximum atomic E-state index is 12.2. The van der Waals surface area contributed by atoms with Gasteiger partial charge in [-0.3, -0.25) is 4.79 Å². The number of carbonyl (C=O) groups is 1. The second-order valence-corrected chi connectivity index (χ2v) is 5.30. The molecule has 0 aliphatic heterocycles. The highest BCUT2D eigenvalue weighted by Gasteiger charge is 2.16. The van der Waals surface area contributed by atoms with Crippen molar-refractivity contribution in [3.63, 3.8) is 0 Å². The summed E-state index contributed by atoms with van der Waals surface area (Å²) in [5.41, 5.74) is 0.603. The SMILES string of the molecule is CCOc1c(Br)cc(/C=C(\C#N)C(=O)c2ccco2)cc1OC. The maximum absolute atomic E-state index is 12.2. The Morgan fingerprint density at radius 1 is 1.48 bits per heavy atom. The molecule has 1 aromatic carbocycles. The summed E-state index contributed by atoms with van der Waals surface area (Å²) >= 11 is 3.41. The van der Waals surface area contributed by atoms with Gasteiger partial charge in [0.05, 0.1) is 24.5 Å². The van der Waals surface area contributed by atoms with E-state index in [9.17, 15) is 10.1 Å². The predicted octanol–water partition coefficient (Wildman–Crippen LogP) is 4.24. The monoisotopic (exact) mass is 375 g/mol. The number of rotatable bonds is 6. The molecule has 0 atom stereocenters. The average Bonchev–Trinajstić information content (AvgIpc) is 3.08. The topological polar surface area (TPSA) is 72.5 Å². The van der Waals surface area contributed by atoms with E-state index in [-0.39, 0.29) is 11.3 Å². The first-order valence-corrected chi connectivity index (χ1v) is 7.60. The number of halogens is 1. The van der Waals surface area contributed by atoms with Gasteiger partial charge in [0.1, 0.15) is 11.6 Å². The maximum Gasteiger partial charge on any atom is 0.238 e. The lowest BCUT2D eigenvalue weighted by molar-refractivity contribution is 0.101. The lowest BCUT2D eigenvalue weighted by atomic mass is 10.1. The highest BCUT2D eigenvalue weighted by molar-refractivity contribution is 9.10. The normalized spacial score (nSPS) is 11.0. The Morgan fingerprint density at radius 3 is 2.83 bits per heavy atom. The quantitative estimate of drug-likeness (QED) is 0.428. The summed E-state index contributed by atoms with van der Waals surface area (Å²) in [4.78, 5) is 12.2. The molecule has 0 saturated heterocycles. The fourth-order valence-electron chi connectivity index (χ4n) is 1.96. The van der Waals surface area contributed by atoms with Crippen molar-refractivity contribution in [3.8, 4) is 17.6 Å². The number of ether oxygens (including phenoxy) is 2. The first-order chi connectivity index (χ1) is 11.1. The molecular formula is C17H14BrNO4. The number of carbonyl (C=O) groups excluding carboxylic acids is 1. The van der Waals surface area contributed by atoms with Crippen LogP contribution in [0.15, 0.2) is 45.0 Å². The Morgan fingerprint density at radius 2 is 2.26 bits per heavy atom. The number of benzene rings is 1. The first-order valence-electron chi connectivity index (χ1n) is 6.81. The number of allylic oxidation sites excluding steroid dienone is 1. The van der Waals surface area contributed by atoms with Crippen molar-refractivity contribution in [3.05, 3.63) is 51.9 Å². The molecule has 0 radical (unpaired) electrons. The highest BCUT2D eigenvalue weighted by atomic mass is 79.9. The molecule has 0 saturated carbocycles. The van der Waals surface area contributed by atoms with Crippen LogP contribution in [0.4, 0.5) is 0 Å². The number of methoxy groups -OCH3 is 1.